The van der Waals surface area contributed by atoms with Gasteiger partial charge in [-0.25, -0.2) is 0 Å². The molecule has 2 nitrogen and oxygen atoms in total. The van der Waals surface area contributed by atoms with Crippen molar-refractivity contribution in [1.29, 1.82) is 0 Å². The van der Waals surface area contributed by atoms with Crippen molar-refractivity contribution in [2.24, 2.45) is 5.92 Å². The summed E-state index contributed by atoms with van der Waals surface area (Å²) in [6, 6.07) is 24.4. The minimum absolute atomic E-state index is 0.0376. The second-order valence-electron chi connectivity index (χ2n) is 11.6. The summed E-state index contributed by atoms with van der Waals surface area (Å²) < 4.78 is 7.33. The smallest absolute Gasteiger partial charge is 0.134 e. The molecule has 0 aliphatic heterocycles. The fourth-order valence-electron chi connectivity index (χ4n) is 5.47. The molecular formula is C34H33NOS. The van der Waals surface area contributed by atoms with Gasteiger partial charge in [0.15, 0.2) is 0 Å². The lowest BCUT2D eigenvalue weighted by molar-refractivity contribution is 0.560. The molecule has 3 aromatic carbocycles. The number of nitrogens with zero attached hydrogens (tertiary/aromatic N) is 1. The van der Waals surface area contributed by atoms with E-state index in [1.807, 2.05) is 17.5 Å². The number of pyridine rings is 1. The van der Waals surface area contributed by atoms with Crippen LogP contribution in [0.4, 0.5) is 0 Å². The number of hydrogen-bond donors (Lipinski definition) is 0. The van der Waals surface area contributed by atoms with E-state index in [-0.39, 0.29) is 5.41 Å². The summed E-state index contributed by atoms with van der Waals surface area (Å²) in [6.45, 7) is 13.5. The number of aryl methyl sites for hydroxylation is 1. The van der Waals surface area contributed by atoms with Crippen molar-refractivity contribution in [2.45, 2.75) is 53.4 Å². The normalized spacial score (nSPS) is 12.4. The Bertz CT molecular complexity index is 1780. The summed E-state index contributed by atoms with van der Waals surface area (Å²) in [7, 11) is 0. The van der Waals surface area contributed by atoms with Gasteiger partial charge in [-0.15, -0.1) is 11.3 Å². The second kappa shape index (κ2) is 8.85. The molecule has 0 N–H and O–H groups in total. The number of furan rings is 1. The number of fused-ring (bicyclic) bond motifs is 3. The van der Waals surface area contributed by atoms with Gasteiger partial charge in [0.05, 0.1) is 10.4 Å². The standard InChI is InChI=1S/C34H33NOS/c1-20(2)15-27-21(3)36-30-12-11-23(17-28(27)30)31-19-24-13-14-35-32(33(24)37-31)25-16-22-9-7-8-10-26(22)29(18-25)34(4,5)6/h7-14,16-20H,15H2,1-6H3. The molecule has 0 aliphatic rings. The van der Waals surface area contributed by atoms with Crippen molar-refractivity contribution >= 4 is 43.2 Å². The highest BCUT2D eigenvalue weighted by Crippen LogP contribution is 2.42. The van der Waals surface area contributed by atoms with Gasteiger partial charge in [0.25, 0.3) is 0 Å². The van der Waals surface area contributed by atoms with Crippen molar-refractivity contribution in [3.05, 3.63) is 89.8 Å². The van der Waals surface area contributed by atoms with E-state index in [2.05, 4.69) is 108 Å². The number of hydrogen-bond acceptors (Lipinski definition) is 3. The Morgan fingerprint density at radius 1 is 0.865 bits per heavy atom. The van der Waals surface area contributed by atoms with Crippen molar-refractivity contribution in [3.8, 4) is 21.7 Å². The summed E-state index contributed by atoms with van der Waals surface area (Å²) in [6.07, 6.45) is 2.98. The summed E-state index contributed by atoms with van der Waals surface area (Å²) in [5, 5.41) is 5.06. The number of aromatic nitrogens is 1. The predicted octanol–water partition coefficient (Wildman–Crippen LogP) is 10.3. The number of thiophene rings is 1. The van der Waals surface area contributed by atoms with Gasteiger partial charge in [-0.05, 0) is 94.4 Å². The van der Waals surface area contributed by atoms with Gasteiger partial charge < -0.3 is 4.42 Å². The van der Waals surface area contributed by atoms with Crippen LogP contribution in [0.25, 0.3) is 53.5 Å². The summed E-state index contributed by atoms with van der Waals surface area (Å²) >= 11 is 1.83. The zero-order chi connectivity index (χ0) is 25.9. The van der Waals surface area contributed by atoms with Gasteiger partial charge in [-0.1, -0.05) is 58.9 Å². The first kappa shape index (κ1) is 23.9. The van der Waals surface area contributed by atoms with E-state index in [1.165, 1.54) is 53.4 Å². The molecule has 186 valence electrons. The van der Waals surface area contributed by atoms with Crippen LogP contribution in [-0.2, 0) is 11.8 Å². The molecule has 3 heteroatoms. The Balaban J connectivity index is 1.51. The number of benzene rings is 3. The molecular weight excluding hydrogens is 470 g/mol. The fraction of sp³-hybridized carbons (Fsp3) is 0.265. The van der Waals surface area contributed by atoms with Crippen LogP contribution in [-0.4, -0.2) is 4.98 Å². The predicted molar refractivity (Wildman–Crippen MR) is 160 cm³/mol. The summed E-state index contributed by atoms with van der Waals surface area (Å²) in [5.41, 5.74) is 7.19. The Labute approximate surface area is 223 Å². The molecule has 0 atom stereocenters. The number of rotatable bonds is 4. The van der Waals surface area contributed by atoms with E-state index in [9.17, 15) is 0 Å². The first-order valence-electron chi connectivity index (χ1n) is 13.1. The molecule has 0 saturated heterocycles. The van der Waals surface area contributed by atoms with Crippen LogP contribution in [0.5, 0.6) is 0 Å². The van der Waals surface area contributed by atoms with Gasteiger partial charge in [0.2, 0.25) is 0 Å². The van der Waals surface area contributed by atoms with Gasteiger partial charge in [0.1, 0.15) is 11.3 Å². The quantitative estimate of drug-likeness (QED) is 0.239. The van der Waals surface area contributed by atoms with Crippen molar-refractivity contribution in [1.82, 2.24) is 4.98 Å². The highest BCUT2D eigenvalue weighted by atomic mass is 32.1. The van der Waals surface area contributed by atoms with E-state index in [0.29, 0.717) is 5.92 Å². The minimum Gasteiger partial charge on any atom is -0.461 e. The lowest BCUT2D eigenvalue weighted by atomic mass is 9.82. The molecule has 37 heavy (non-hydrogen) atoms. The molecule has 0 amide bonds. The third kappa shape index (κ3) is 4.26. The maximum atomic E-state index is 6.09. The molecule has 6 aromatic rings. The van der Waals surface area contributed by atoms with Crippen LogP contribution in [0.1, 0.15) is 51.5 Å². The topological polar surface area (TPSA) is 26.0 Å². The molecule has 0 aliphatic carbocycles. The summed E-state index contributed by atoms with van der Waals surface area (Å²) in [4.78, 5) is 6.17. The zero-order valence-corrected chi connectivity index (χ0v) is 23.3. The first-order chi connectivity index (χ1) is 17.7. The van der Waals surface area contributed by atoms with E-state index in [1.54, 1.807) is 0 Å². The average molecular weight is 504 g/mol. The lowest BCUT2D eigenvalue weighted by Gasteiger charge is -2.22. The molecule has 0 unspecified atom stereocenters. The van der Waals surface area contributed by atoms with Crippen molar-refractivity contribution < 1.29 is 4.42 Å². The van der Waals surface area contributed by atoms with Gasteiger partial charge in [-0.3, -0.25) is 4.98 Å². The van der Waals surface area contributed by atoms with Crippen LogP contribution in [0.3, 0.4) is 0 Å². The zero-order valence-electron chi connectivity index (χ0n) is 22.5. The first-order valence-corrected chi connectivity index (χ1v) is 14.0. The largest absolute Gasteiger partial charge is 0.461 e. The van der Waals surface area contributed by atoms with E-state index < -0.39 is 0 Å². The third-order valence-corrected chi connectivity index (χ3v) is 8.47. The Morgan fingerprint density at radius 2 is 1.68 bits per heavy atom. The Hall–Kier alpha value is -3.43. The fourth-order valence-corrected chi connectivity index (χ4v) is 6.63. The van der Waals surface area contributed by atoms with Crippen LogP contribution in [0.2, 0.25) is 0 Å². The van der Waals surface area contributed by atoms with Gasteiger partial charge in [-0.2, -0.15) is 0 Å². The van der Waals surface area contributed by atoms with Crippen LogP contribution < -0.4 is 0 Å². The minimum atomic E-state index is 0.0376. The van der Waals surface area contributed by atoms with E-state index >= 15 is 0 Å². The average Bonchev–Trinajstić information content (AvgIpc) is 3.43. The second-order valence-corrected chi connectivity index (χ2v) is 12.7. The molecule has 0 spiro atoms. The Kier molecular flexibility index (Phi) is 5.72. The maximum absolute atomic E-state index is 6.09. The molecule has 0 fully saturated rings. The van der Waals surface area contributed by atoms with E-state index in [4.69, 9.17) is 9.40 Å². The van der Waals surface area contributed by atoms with E-state index in [0.717, 1.165) is 23.5 Å². The lowest BCUT2D eigenvalue weighted by Crippen LogP contribution is -2.12. The van der Waals surface area contributed by atoms with Crippen molar-refractivity contribution in [2.75, 3.05) is 0 Å². The Morgan fingerprint density at radius 3 is 2.46 bits per heavy atom. The molecule has 3 heterocycles. The molecule has 0 bridgehead atoms. The third-order valence-electron chi connectivity index (χ3n) is 7.27. The molecule has 0 radical (unpaired) electrons. The highest BCUT2D eigenvalue weighted by molar-refractivity contribution is 7.22. The molecule has 6 rings (SSSR count). The van der Waals surface area contributed by atoms with Crippen LogP contribution in [0.15, 0.2) is 77.3 Å². The van der Waals surface area contributed by atoms with Crippen LogP contribution >= 0.6 is 11.3 Å². The van der Waals surface area contributed by atoms with Crippen molar-refractivity contribution in [3.63, 3.8) is 0 Å². The SMILES string of the molecule is Cc1oc2ccc(-c3cc4ccnc(-c5cc(C(C)(C)C)c6ccccc6c5)c4s3)cc2c1CC(C)C. The highest BCUT2D eigenvalue weighted by Gasteiger charge is 2.20. The monoisotopic (exact) mass is 503 g/mol. The van der Waals surface area contributed by atoms with Gasteiger partial charge >= 0.3 is 0 Å². The maximum Gasteiger partial charge on any atom is 0.134 e. The van der Waals surface area contributed by atoms with Gasteiger partial charge in [0, 0.05) is 27.6 Å². The van der Waals surface area contributed by atoms with Crippen LogP contribution in [0, 0.1) is 12.8 Å². The molecule has 3 aromatic heterocycles. The molecule has 0 saturated carbocycles. The summed E-state index contributed by atoms with van der Waals surface area (Å²) in [5.74, 6) is 1.62.